The monoisotopic (exact) mass is 423 g/mol. The second-order valence-electron chi connectivity index (χ2n) is 6.32. The highest BCUT2D eigenvalue weighted by atomic mass is 32.2. The number of amides is 1. The first-order valence-electron chi connectivity index (χ1n) is 8.28. The number of alkyl halides is 3. The molecule has 0 atom stereocenters. The summed E-state index contributed by atoms with van der Waals surface area (Å²) in [4.78, 5) is 16.6. The van der Waals surface area contributed by atoms with Crippen LogP contribution in [0.2, 0.25) is 0 Å². The molecule has 29 heavy (non-hydrogen) atoms. The Hall–Kier alpha value is -3.21. The molecule has 0 radical (unpaired) electrons. The summed E-state index contributed by atoms with van der Waals surface area (Å²) in [7, 11) is -3.96. The maximum Gasteiger partial charge on any atom is 0.416 e. The summed E-state index contributed by atoms with van der Waals surface area (Å²) in [5, 5.41) is 3.61. The fourth-order valence-electron chi connectivity index (χ4n) is 2.95. The average Bonchev–Trinajstić information content (AvgIpc) is 3.13. The van der Waals surface area contributed by atoms with Crippen molar-refractivity contribution >= 4 is 15.9 Å². The topological polar surface area (TPSA) is 93.4 Å². The van der Waals surface area contributed by atoms with Crippen LogP contribution < -0.4 is 0 Å². The van der Waals surface area contributed by atoms with Crippen molar-refractivity contribution in [2.75, 3.05) is 0 Å². The molecule has 11 heteroatoms. The summed E-state index contributed by atoms with van der Waals surface area (Å²) in [6.07, 6.45) is -4.54. The van der Waals surface area contributed by atoms with Gasteiger partial charge in [0, 0.05) is 11.1 Å². The van der Waals surface area contributed by atoms with Crippen LogP contribution in [0.5, 0.6) is 0 Å². The van der Waals surface area contributed by atoms with Gasteiger partial charge in [0.05, 0.1) is 11.3 Å². The van der Waals surface area contributed by atoms with Crippen LogP contribution in [-0.2, 0) is 28.5 Å². The van der Waals surface area contributed by atoms with Crippen molar-refractivity contribution in [3.05, 3.63) is 71.1 Å². The van der Waals surface area contributed by atoms with E-state index in [1.54, 1.807) is 18.2 Å². The number of carbonyl (C=O) groups is 1. The summed E-state index contributed by atoms with van der Waals surface area (Å²) in [5.41, 5.74) is -0.191. The number of fused-ring (bicyclic) bond motifs is 1. The van der Waals surface area contributed by atoms with Crippen molar-refractivity contribution in [3.63, 3.8) is 0 Å². The number of hydrogen-bond donors (Lipinski definition) is 0. The molecule has 2 aromatic carbocycles. The molecule has 3 aromatic rings. The Morgan fingerprint density at radius 2 is 1.86 bits per heavy atom. The van der Waals surface area contributed by atoms with E-state index in [2.05, 4.69) is 10.1 Å². The van der Waals surface area contributed by atoms with Crippen LogP contribution >= 0.6 is 0 Å². The largest absolute Gasteiger partial charge is 0.416 e. The first kappa shape index (κ1) is 19.1. The van der Waals surface area contributed by atoms with Crippen LogP contribution in [0.25, 0.3) is 11.4 Å². The number of nitrogens with zero attached hydrogens (tertiary/aromatic N) is 3. The Labute approximate surface area is 162 Å². The molecule has 1 aliphatic rings. The van der Waals surface area contributed by atoms with Crippen molar-refractivity contribution in [3.8, 4) is 11.4 Å². The number of sulfonamides is 1. The van der Waals surface area contributed by atoms with Crippen molar-refractivity contribution < 1.29 is 30.9 Å². The Kier molecular flexibility index (Phi) is 4.41. The van der Waals surface area contributed by atoms with E-state index in [1.807, 2.05) is 0 Å². The minimum absolute atomic E-state index is 0.0491. The summed E-state index contributed by atoms with van der Waals surface area (Å²) >= 11 is 0. The molecular weight excluding hydrogens is 411 g/mol. The molecule has 7 nitrogen and oxygen atoms in total. The fourth-order valence-corrected chi connectivity index (χ4v) is 4.41. The molecule has 0 bridgehead atoms. The Balaban J connectivity index is 1.62. The molecule has 1 aromatic heterocycles. The zero-order valence-electron chi connectivity index (χ0n) is 14.5. The van der Waals surface area contributed by atoms with Gasteiger partial charge in [0.2, 0.25) is 21.7 Å². The highest BCUT2D eigenvalue weighted by Gasteiger charge is 2.37. The summed E-state index contributed by atoms with van der Waals surface area (Å²) in [6, 6.07) is 10.6. The van der Waals surface area contributed by atoms with E-state index in [-0.39, 0.29) is 28.6 Å². The van der Waals surface area contributed by atoms with Gasteiger partial charge in [0.15, 0.2) is 0 Å². The van der Waals surface area contributed by atoms with Crippen LogP contribution in [0.4, 0.5) is 13.2 Å². The van der Waals surface area contributed by atoms with Gasteiger partial charge in [-0.1, -0.05) is 35.5 Å². The lowest BCUT2D eigenvalue weighted by molar-refractivity contribution is -0.137. The fraction of sp³-hybridized carbons (Fsp3) is 0.167. The zero-order chi connectivity index (χ0) is 20.8. The molecule has 0 N–H and O–H groups in total. The number of benzene rings is 2. The average molecular weight is 423 g/mol. The van der Waals surface area contributed by atoms with Gasteiger partial charge in [0.25, 0.3) is 5.91 Å². The van der Waals surface area contributed by atoms with Gasteiger partial charge in [0.1, 0.15) is 6.54 Å². The SMILES string of the molecule is O=C1c2ccccc2CS(=O)(=O)N1Cc1nc(-c2cccc(C(F)(F)F)c2)no1. The third-order valence-electron chi connectivity index (χ3n) is 4.34. The van der Waals surface area contributed by atoms with Crippen LogP contribution in [0.1, 0.15) is 27.4 Å². The number of rotatable bonds is 3. The van der Waals surface area contributed by atoms with Crippen LogP contribution in [-0.4, -0.2) is 28.8 Å². The molecule has 0 saturated carbocycles. The lowest BCUT2D eigenvalue weighted by Crippen LogP contribution is -2.41. The summed E-state index contributed by atoms with van der Waals surface area (Å²) < 4.78 is 69.2. The molecule has 0 fully saturated rings. The van der Waals surface area contributed by atoms with Crippen LogP contribution in [0, 0.1) is 0 Å². The van der Waals surface area contributed by atoms with E-state index in [0.717, 1.165) is 12.1 Å². The number of hydrogen-bond acceptors (Lipinski definition) is 6. The first-order valence-corrected chi connectivity index (χ1v) is 9.89. The minimum atomic E-state index is -4.54. The predicted molar refractivity (Wildman–Crippen MR) is 93.7 cm³/mol. The Morgan fingerprint density at radius 1 is 1.10 bits per heavy atom. The first-order chi connectivity index (χ1) is 13.6. The van der Waals surface area contributed by atoms with E-state index in [0.29, 0.717) is 9.87 Å². The Morgan fingerprint density at radius 3 is 2.62 bits per heavy atom. The van der Waals surface area contributed by atoms with E-state index >= 15 is 0 Å². The molecule has 150 valence electrons. The standard InChI is InChI=1S/C18H12F3N3O4S/c19-18(20,21)13-6-3-5-11(8-13)16-22-15(28-23-16)9-24-17(25)14-7-2-1-4-12(14)10-29(24,26)27/h1-8H,9-10H2. The van der Waals surface area contributed by atoms with Crippen LogP contribution in [0.3, 0.4) is 0 Å². The van der Waals surface area contributed by atoms with Gasteiger partial charge in [-0.2, -0.15) is 18.2 Å². The van der Waals surface area contributed by atoms with Gasteiger partial charge in [-0.15, -0.1) is 0 Å². The quantitative estimate of drug-likeness (QED) is 0.642. The number of aromatic nitrogens is 2. The van der Waals surface area contributed by atoms with Gasteiger partial charge in [-0.3, -0.25) is 4.79 Å². The highest BCUT2D eigenvalue weighted by molar-refractivity contribution is 7.89. The molecule has 0 unspecified atom stereocenters. The molecule has 1 amide bonds. The third-order valence-corrected chi connectivity index (χ3v) is 5.99. The van der Waals surface area contributed by atoms with Crippen molar-refractivity contribution in [1.29, 1.82) is 0 Å². The molecular formula is C18H12F3N3O4S. The van der Waals surface area contributed by atoms with Crippen molar-refractivity contribution in [1.82, 2.24) is 14.4 Å². The maximum atomic E-state index is 12.9. The van der Waals surface area contributed by atoms with Crippen LogP contribution in [0.15, 0.2) is 53.1 Å². The number of halogens is 3. The Bertz CT molecular complexity index is 1200. The van der Waals surface area contributed by atoms with Crippen molar-refractivity contribution in [2.45, 2.75) is 18.5 Å². The van der Waals surface area contributed by atoms with Gasteiger partial charge in [-0.25, -0.2) is 12.7 Å². The normalized spacial score (nSPS) is 16.0. The lowest BCUT2D eigenvalue weighted by Gasteiger charge is -2.26. The highest BCUT2D eigenvalue weighted by Crippen LogP contribution is 2.32. The zero-order valence-corrected chi connectivity index (χ0v) is 15.4. The van der Waals surface area contributed by atoms with E-state index < -0.39 is 34.2 Å². The van der Waals surface area contributed by atoms with Crippen molar-refractivity contribution in [2.24, 2.45) is 0 Å². The number of carbonyl (C=O) groups excluding carboxylic acids is 1. The minimum Gasteiger partial charge on any atom is -0.337 e. The molecule has 0 spiro atoms. The summed E-state index contributed by atoms with van der Waals surface area (Å²) in [5.74, 6) is -1.45. The van der Waals surface area contributed by atoms with Gasteiger partial charge >= 0.3 is 6.18 Å². The molecule has 0 aliphatic carbocycles. The predicted octanol–water partition coefficient (Wildman–Crippen LogP) is 3.24. The second-order valence-corrected chi connectivity index (χ2v) is 8.21. The molecule has 4 rings (SSSR count). The van der Waals surface area contributed by atoms with Gasteiger partial charge < -0.3 is 4.52 Å². The lowest BCUT2D eigenvalue weighted by atomic mass is 10.1. The van der Waals surface area contributed by atoms with E-state index in [4.69, 9.17) is 4.52 Å². The van der Waals surface area contributed by atoms with E-state index in [1.165, 1.54) is 18.2 Å². The molecule has 2 heterocycles. The smallest absolute Gasteiger partial charge is 0.337 e. The summed E-state index contributed by atoms with van der Waals surface area (Å²) in [6.45, 7) is -0.512. The third kappa shape index (κ3) is 3.60. The molecule has 1 aliphatic heterocycles. The molecule has 0 saturated heterocycles. The van der Waals surface area contributed by atoms with E-state index in [9.17, 15) is 26.4 Å². The maximum absolute atomic E-state index is 12.9. The second kappa shape index (κ2) is 6.69. The van der Waals surface area contributed by atoms with Gasteiger partial charge in [-0.05, 0) is 23.8 Å².